The number of thiophene rings is 1. The lowest BCUT2D eigenvalue weighted by atomic mass is 10.2. The molecule has 16 heavy (non-hydrogen) atoms. The maximum absolute atomic E-state index is 3.59. The summed E-state index contributed by atoms with van der Waals surface area (Å²) in [4.78, 5) is 4.09. The topological polar surface area (TPSA) is 15.3 Å². The zero-order valence-corrected chi connectivity index (χ0v) is 10.9. The first-order valence-electron chi connectivity index (χ1n) is 6.37. The van der Waals surface area contributed by atoms with Crippen molar-refractivity contribution in [3.05, 3.63) is 22.4 Å². The summed E-state index contributed by atoms with van der Waals surface area (Å²) in [7, 11) is 0. The van der Waals surface area contributed by atoms with Gasteiger partial charge in [0.1, 0.15) is 0 Å². The number of hydrogen-bond acceptors (Lipinski definition) is 3. The molecule has 2 rings (SSSR count). The molecule has 0 radical (unpaired) electrons. The van der Waals surface area contributed by atoms with Crippen LogP contribution >= 0.6 is 11.3 Å². The Morgan fingerprint density at radius 2 is 2.50 bits per heavy atom. The average Bonchev–Trinajstić information content (AvgIpc) is 2.95. The molecule has 0 aromatic carbocycles. The largest absolute Gasteiger partial charge is 0.315 e. The summed E-state index contributed by atoms with van der Waals surface area (Å²) < 4.78 is 0. The normalized spacial score (nSPS) is 21.7. The third kappa shape index (κ3) is 3.30. The molecule has 0 amide bonds. The summed E-state index contributed by atoms with van der Waals surface area (Å²) >= 11 is 1.86. The van der Waals surface area contributed by atoms with Gasteiger partial charge < -0.3 is 5.32 Å². The molecule has 1 aliphatic rings. The highest BCUT2D eigenvalue weighted by molar-refractivity contribution is 7.09. The second kappa shape index (κ2) is 6.38. The van der Waals surface area contributed by atoms with Crippen LogP contribution in [-0.2, 0) is 6.42 Å². The SMILES string of the molecule is CCN1CCCC1CNCCc1cccs1. The van der Waals surface area contributed by atoms with Crippen molar-refractivity contribution in [2.75, 3.05) is 26.2 Å². The molecule has 1 fully saturated rings. The molecule has 1 aliphatic heterocycles. The summed E-state index contributed by atoms with van der Waals surface area (Å²) in [6.45, 7) is 7.06. The second-order valence-electron chi connectivity index (χ2n) is 4.46. The van der Waals surface area contributed by atoms with Gasteiger partial charge in [-0.2, -0.15) is 0 Å². The minimum Gasteiger partial charge on any atom is -0.315 e. The Labute approximate surface area is 103 Å². The average molecular weight is 238 g/mol. The number of likely N-dealkylation sites (N-methyl/N-ethyl adjacent to an activating group) is 1. The number of rotatable bonds is 6. The van der Waals surface area contributed by atoms with Gasteiger partial charge in [0.25, 0.3) is 0 Å². The molecular formula is C13H22N2S. The summed E-state index contributed by atoms with van der Waals surface area (Å²) in [5.74, 6) is 0. The first kappa shape index (κ1) is 12.1. The van der Waals surface area contributed by atoms with Crippen LogP contribution in [0.1, 0.15) is 24.6 Å². The predicted octanol–water partition coefficient (Wildman–Crippen LogP) is 2.36. The fraction of sp³-hybridized carbons (Fsp3) is 0.692. The van der Waals surface area contributed by atoms with Gasteiger partial charge in [-0.05, 0) is 43.8 Å². The molecule has 0 bridgehead atoms. The van der Waals surface area contributed by atoms with E-state index in [1.807, 2.05) is 11.3 Å². The molecule has 1 unspecified atom stereocenters. The van der Waals surface area contributed by atoms with Crippen molar-refractivity contribution in [2.24, 2.45) is 0 Å². The molecule has 90 valence electrons. The highest BCUT2D eigenvalue weighted by Gasteiger charge is 2.21. The van der Waals surface area contributed by atoms with E-state index in [0.717, 1.165) is 12.6 Å². The Hall–Kier alpha value is -0.380. The van der Waals surface area contributed by atoms with Crippen LogP contribution in [0.25, 0.3) is 0 Å². The highest BCUT2D eigenvalue weighted by atomic mass is 32.1. The lowest BCUT2D eigenvalue weighted by Gasteiger charge is -2.22. The number of nitrogens with one attached hydrogen (secondary N) is 1. The molecule has 2 nitrogen and oxygen atoms in total. The third-order valence-corrected chi connectivity index (χ3v) is 4.35. The number of nitrogens with zero attached hydrogens (tertiary/aromatic N) is 1. The number of likely N-dealkylation sites (tertiary alicyclic amines) is 1. The molecule has 1 saturated heterocycles. The van der Waals surface area contributed by atoms with Crippen molar-refractivity contribution in [2.45, 2.75) is 32.2 Å². The van der Waals surface area contributed by atoms with Gasteiger partial charge >= 0.3 is 0 Å². The van der Waals surface area contributed by atoms with Gasteiger partial charge in [0.2, 0.25) is 0 Å². The van der Waals surface area contributed by atoms with Crippen LogP contribution < -0.4 is 5.32 Å². The quantitative estimate of drug-likeness (QED) is 0.765. The van der Waals surface area contributed by atoms with E-state index in [0.29, 0.717) is 0 Å². The third-order valence-electron chi connectivity index (χ3n) is 3.41. The van der Waals surface area contributed by atoms with E-state index < -0.39 is 0 Å². The summed E-state index contributed by atoms with van der Waals surface area (Å²) in [6.07, 6.45) is 3.93. The number of hydrogen-bond donors (Lipinski definition) is 1. The lowest BCUT2D eigenvalue weighted by molar-refractivity contribution is 0.260. The van der Waals surface area contributed by atoms with Gasteiger partial charge in [-0.15, -0.1) is 11.3 Å². The van der Waals surface area contributed by atoms with Gasteiger partial charge in [-0.25, -0.2) is 0 Å². The molecule has 0 aliphatic carbocycles. The smallest absolute Gasteiger partial charge is 0.0220 e. The minimum absolute atomic E-state index is 0.785. The van der Waals surface area contributed by atoms with Crippen LogP contribution in [0, 0.1) is 0 Å². The van der Waals surface area contributed by atoms with Crippen molar-refractivity contribution in [3.8, 4) is 0 Å². The second-order valence-corrected chi connectivity index (χ2v) is 5.49. The lowest BCUT2D eigenvalue weighted by Crippen LogP contribution is -2.38. The molecule has 3 heteroatoms. The van der Waals surface area contributed by atoms with E-state index in [4.69, 9.17) is 0 Å². The molecule has 0 spiro atoms. The standard InChI is InChI=1S/C13H22N2S/c1-2-15-9-3-5-12(15)11-14-8-7-13-6-4-10-16-13/h4,6,10,12,14H,2-3,5,7-9,11H2,1H3. The Morgan fingerprint density at radius 3 is 3.25 bits per heavy atom. The van der Waals surface area contributed by atoms with Crippen LogP contribution in [0.4, 0.5) is 0 Å². The van der Waals surface area contributed by atoms with Crippen molar-refractivity contribution < 1.29 is 0 Å². The summed E-state index contributed by atoms with van der Waals surface area (Å²) in [5.41, 5.74) is 0. The molecule has 1 N–H and O–H groups in total. The molecular weight excluding hydrogens is 216 g/mol. The van der Waals surface area contributed by atoms with Gasteiger partial charge in [-0.3, -0.25) is 4.90 Å². The van der Waals surface area contributed by atoms with Crippen LogP contribution in [0.15, 0.2) is 17.5 Å². The van der Waals surface area contributed by atoms with Crippen molar-refractivity contribution >= 4 is 11.3 Å². The maximum atomic E-state index is 3.59. The molecule has 2 heterocycles. The van der Waals surface area contributed by atoms with E-state index in [9.17, 15) is 0 Å². The molecule has 1 aromatic rings. The summed E-state index contributed by atoms with van der Waals surface area (Å²) in [6, 6.07) is 5.14. The van der Waals surface area contributed by atoms with Crippen molar-refractivity contribution in [1.29, 1.82) is 0 Å². The molecule has 0 saturated carbocycles. The maximum Gasteiger partial charge on any atom is 0.0220 e. The monoisotopic (exact) mass is 238 g/mol. The van der Waals surface area contributed by atoms with Crippen LogP contribution in [0.5, 0.6) is 0 Å². The van der Waals surface area contributed by atoms with E-state index in [1.54, 1.807) is 0 Å². The van der Waals surface area contributed by atoms with Gasteiger partial charge in [-0.1, -0.05) is 13.0 Å². The van der Waals surface area contributed by atoms with E-state index in [2.05, 4.69) is 34.7 Å². The van der Waals surface area contributed by atoms with Crippen LogP contribution in [0.2, 0.25) is 0 Å². The fourth-order valence-electron chi connectivity index (χ4n) is 2.48. The van der Waals surface area contributed by atoms with Gasteiger partial charge in [0, 0.05) is 24.0 Å². The Morgan fingerprint density at radius 1 is 1.56 bits per heavy atom. The molecule has 1 atom stereocenters. The zero-order valence-electron chi connectivity index (χ0n) is 10.1. The Balaban J connectivity index is 1.61. The first-order chi connectivity index (χ1) is 7.90. The van der Waals surface area contributed by atoms with E-state index >= 15 is 0 Å². The minimum atomic E-state index is 0.785. The van der Waals surface area contributed by atoms with Gasteiger partial charge in [0.05, 0.1) is 0 Å². The fourth-order valence-corrected chi connectivity index (χ4v) is 3.19. The van der Waals surface area contributed by atoms with E-state index in [-0.39, 0.29) is 0 Å². The first-order valence-corrected chi connectivity index (χ1v) is 7.25. The van der Waals surface area contributed by atoms with Gasteiger partial charge in [0.15, 0.2) is 0 Å². The highest BCUT2D eigenvalue weighted by Crippen LogP contribution is 2.15. The van der Waals surface area contributed by atoms with Crippen molar-refractivity contribution in [1.82, 2.24) is 10.2 Å². The van der Waals surface area contributed by atoms with E-state index in [1.165, 1.54) is 43.8 Å². The molecule has 1 aromatic heterocycles. The van der Waals surface area contributed by atoms with Crippen molar-refractivity contribution in [3.63, 3.8) is 0 Å². The Kier molecular flexibility index (Phi) is 4.82. The predicted molar refractivity (Wildman–Crippen MR) is 71.2 cm³/mol. The van der Waals surface area contributed by atoms with Crippen LogP contribution in [-0.4, -0.2) is 37.1 Å². The van der Waals surface area contributed by atoms with Crippen LogP contribution in [0.3, 0.4) is 0 Å². The Bertz CT molecular complexity index is 284. The zero-order chi connectivity index (χ0) is 11.2. The summed E-state index contributed by atoms with van der Waals surface area (Å²) in [5, 5.41) is 5.75.